The Morgan fingerprint density at radius 3 is 2.66 bits per heavy atom. The molecule has 10 heteroatoms. The molecule has 0 saturated heterocycles. The average Bonchev–Trinajstić information content (AvgIpc) is 3.26. The van der Waals surface area contributed by atoms with Gasteiger partial charge in [0.1, 0.15) is 24.0 Å². The third-order valence-electron chi connectivity index (χ3n) is 5.79. The normalized spacial score (nSPS) is 12.7. The highest BCUT2D eigenvalue weighted by Crippen LogP contribution is 2.38. The van der Waals surface area contributed by atoms with Crippen LogP contribution in [0, 0.1) is 5.82 Å². The summed E-state index contributed by atoms with van der Waals surface area (Å²) in [6.07, 6.45) is 5.53. The highest BCUT2D eigenvalue weighted by atomic mass is 19.1. The van der Waals surface area contributed by atoms with E-state index in [0.29, 0.717) is 33.4 Å². The predicted octanol–water partition coefficient (Wildman–Crippen LogP) is 3.93. The van der Waals surface area contributed by atoms with Gasteiger partial charge >= 0.3 is 0 Å². The number of nitrogens with one attached hydrogen (secondary N) is 1. The SMILES string of the molecule is C[C@@H](Oc1cc(-c2cnn(C)c2)cc2ncnc(Nc3ccc4ncccc4c3F)c12)C(C)(O)O. The molecular formula is C25H23FN6O3. The lowest BCUT2D eigenvalue weighted by molar-refractivity contribution is -0.197. The number of benzene rings is 2. The molecule has 0 aliphatic rings. The number of anilines is 2. The van der Waals surface area contributed by atoms with Crippen LogP contribution in [0.25, 0.3) is 32.9 Å². The van der Waals surface area contributed by atoms with Crippen molar-refractivity contribution < 1.29 is 19.3 Å². The predicted molar refractivity (Wildman–Crippen MR) is 130 cm³/mol. The summed E-state index contributed by atoms with van der Waals surface area (Å²) >= 11 is 0. The molecule has 2 aromatic carbocycles. The summed E-state index contributed by atoms with van der Waals surface area (Å²) in [4.78, 5) is 12.9. The van der Waals surface area contributed by atoms with Gasteiger partial charge in [-0.1, -0.05) is 0 Å². The second-order valence-electron chi connectivity index (χ2n) is 8.47. The van der Waals surface area contributed by atoms with Crippen LogP contribution >= 0.6 is 0 Å². The minimum atomic E-state index is -2.10. The fourth-order valence-corrected chi connectivity index (χ4v) is 3.72. The summed E-state index contributed by atoms with van der Waals surface area (Å²) in [6, 6.07) is 10.2. The van der Waals surface area contributed by atoms with E-state index >= 15 is 4.39 Å². The molecule has 0 aliphatic heterocycles. The first-order valence-corrected chi connectivity index (χ1v) is 10.9. The zero-order valence-corrected chi connectivity index (χ0v) is 19.3. The van der Waals surface area contributed by atoms with Crippen LogP contribution in [0.3, 0.4) is 0 Å². The van der Waals surface area contributed by atoms with Crippen molar-refractivity contribution in [2.45, 2.75) is 25.7 Å². The lowest BCUT2D eigenvalue weighted by Gasteiger charge is -2.26. The number of aromatic nitrogens is 5. The summed E-state index contributed by atoms with van der Waals surface area (Å²) in [5, 5.41) is 28.2. The molecule has 0 saturated carbocycles. The van der Waals surface area contributed by atoms with Gasteiger partial charge in [0.25, 0.3) is 0 Å². The smallest absolute Gasteiger partial charge is 0.197 e. The standard InChI is InChI=1S/C25H23FN6O3/c1-14(25(2,33)34)35-21-10-15(16-11-30-32(3)12-16)9-20-22(21)24(29-13-28-20)31-19-7-6-18-17(23(19)26)5-4-8-27-18/h4-14,33-34H,1-3H3,(H,28,29,31)/t14-/m1/s1. The van der Waals surface area contributed by atoms with Gasteiger partial charge in [-0.15, -0.1) is 0 Å². The van der Waals surface area contributed by atoms with E-state index in [4.69, 9.17) is 4.74 Å². The molecule has 3 aromatic heterocycles. The van der Waals surface area contributed by atoms with Gasteiger partial charge in [-0.25, -0.2) is 14.4 Å². The summed E-state index contributed by atoms with van der Waals surface area (Å²) < 4.78 is 22.9. The Morgan fingerprint density at radius 1 is 1.09 bits per heavy atom. The van der Waals surface area contributed by atoms with Gasteiger partial charge in [0.15, 0.2) is 11.6 Å². The first kappa shape index (κ1) is 22.6. The maximum Gasteiger partial charge on any atom is 0.197 e. The van der Waals surface area contributed by atoms with E-state index in [9.17, 15) is 10.2 Å². The van der Waals surface area contributed by atoms with Gasteiger partial charge in [0.2, 0.25) is 0 Å². The third-order valence-corrected chi connectivity index (χ3v) is 5.79. The lowest BCUT2D eigenvalue weighted by atomic mass is 10.1. The molecule has 1 atom stereocenters. The van der Waals surface area contributed by atoms with Crippen molar-refractivity contribution in [2.75, 3.05) is 5.32 Å². The second-order valence-corrected chi connectivity index (χ2v) is 8.47. The molecule has 0 spiro atoms. The van der Waals surface area contributed by atoms with Gasteiger partial charge in [-0.05, 0) is 55.8 Å². The van der Waals surface area contributed by atoms with E-state index in [1.54, 1.807) is 47.4 Å². The number of aliphatic hydroxyl groups is 2. The zero-order valence-electron chi connectivity index (χ0n) is 19.3. The summed E-state index contributed by atoms with van der Waals surface area (Å²) in [7, 11) is 1.81. The van der Waals surface area contributed by atoms with Crippen LogP contribution in [0.1, 0.15) is 13.8 Å². The maximum atomic E-state index is 15.3. The van der Waals surface area contributed by atoms with Crippen molar-refractivity contribution in [2.24, 2.45) is 7.05 Å². The van der Waals surface area contributed by atoms with Crippen molar-refractivity contribution in [3.8, 4) is 16.9 Å². The van der Waals surface area contributed by atoms with Crippen LogP contribution in [0.4, 0.5) is 15.9 Å². The Morgan fingerprint density at radius 2 is 1.91 bits per heavy atom. The second kappa shape index (κ2) is 8.57. The van der Waals surface area contributed by atoms with Crippen LogP contribution in [0.5, 0.6) is 5.75 Å². The molecular weight excluding hydrogens is 451 g/mol. The fourth-order valence-electron chi connectivity index (χ4n) is 3.72. The number of fused-ring (bicyclic) bond motifs is 2. The van der Waals surface area contributed by atoms with Crippen LogP contribution in [0.2, 0.25) is 0 Å². The van der Waals surface area contributed by atoms with Gasteiger partial charge in [0.05, 0.1) is 28.3 Å². The van der Waals surface area contributed by atoms with Gasteiger partial charge < -0.3 is 20.3 Å². The molecule has 3 heterocycles. The van der Waals surface area contributed by atoms with Crippen molar-refractivity contribution in [3.05, 3.63) is 67.1 Å². The first-order valence-electron chi connectivity index (χ1n) is 10.9. The van der Waals surface area contributed by atoms with E-state index in [1.165, 1.54) is 20.2 Å². The van der Waals surface area contributed by atoms with E-state index < -0.39 is 17.7 Å². The van der Waals surface area contributed by atoms with E-state index in [-0.39, 0.29) is 5.69 Å². The monoisotopic (exact) mass is 474 g/mol. The molecule has 178 valence electrons. The number of halogens is 1. The minimum absolute atomic E-state index is 0.204. The highest BCUT2D eigenvalue weighted by Gasteiger charge is 2.28. The fraction of sp³-hybridized carbons (Fsp3) is 0.200. The number of hydrogen-bond donors (Lipinski definition) is 3. The Kier molecular flexibility index (Phi) is 5.54. The minimum Gasteiger partial charge on any atom is -0.484 e. The van der Waals surface area contributed by atoms with Crippen LogP contribution in [0.15, 0.2) is 61.3 Å². The molecule has 0 bridgehead atoms. The molecule has 3 N–H and O–H groups in total. The number of hydrogen-bond acceptors (Lipinski definition) is 8. The Labute approximate surface area is 199 Å². The van der Waals surface area contributed by atoms with Crippen LogP contribution < -0.4 is 10.1 Å². The van der Waals surface area contributed by atoms with Gasteiger partial charge in [-0.3, -0.25) is 9.67 Å². The molecule has 35 heavy (non-hydrogen) atoms. The van der Waals surface area contributed by atoms with Crippen molar-refractivity contribution in [1.82, 2.24) is 24.7 Å². The van der Waals surface area contributed by atoms with Gasteiger partial charge in [0, 0.05) is 30.4 Å². The Bertz CT molecular complexity index is 1550. The van der Waals surface area contributed by atoms with Crippen molar-refractivity contribution in [1.29, 1.82) is 0 Å². The quantitative estimate of drug-likeness (QED) is 0.317. The molecule has 0 radical (unpaired) electrons. The number of pyridine rings is 1. The molecule has 9 nitrogen and oxygen atoms in total. The summed E-state index contributed by atoms with van der Waals surface area (Å²) in [6.45, 7) is 2.77. The molecule has 5 aromatic rings. The molecule has 0 aliphatic carbocycles. The van der Waals surface area contributed by atoms with Crippen LogP contribution in [-0.4, -0.2) is 46.8 Å². The average molecular weight is 474 g/mol. The number of rotatable bonds is 6. The zero-order chi connectivity index (χ0) is 24.7. The van der Waals surface area contributed by atoms with Gasteiger partial charge in [-0.2, -0.15) is 5.10 Å². The third kappa shape index (κ3) is 4.36. The summed E-state index contributed by atoms with van der Waals surface area (Å²) in [5.41, 5.74) is 2.84. The van der Waals surface area contributed by atoms with Crippen molar-refractivity contribution >= 4 is 33.3 Å². The van der Waals surface area contributed by atoms with Crippen molar-refractivity contribution in [3.63, 3.8) is 0 Å². The lowest BCUT2D eigenvalue weighted by Crippen LogP contribution is -2.40. The molecule has 0 unspecified atom stereocenters. The largest absolute Gasteiger partial charge is 0.484 e. The molecule has 0 fully saturated rings. The maximum absolute atomic E-state index is 15.3. The molecule has 0 amide bonds. The number of nitrogens with zero attached hydrogens (tertiary/aromatic N) is 5. The van der Waals surface area contributed by atoms with Crippen LogP contribution in [-0.2, 0) is 7.05 Å². The topological polar surface area (TPSA) is 118 Å². The first-order chi connectivity index (χ1) is 16.7. The highest BCUT2D eigenvalue weighted by molar-refractivity contribution is 5.99. The molecule has 5 rings (SSSR count). The van der Waals surface area contributed by atoms with E-state index in [0.717, 1.165) is 11.1 Å². The summed E-state index contributed by atoms with van der Waals surface area (Å²) in [5.74, 6) is -1.97. The Balaban J connectivity index is 1.66. The van der Waals surface area contributed by atoms with E-state index in [2.05, 4.69) is 25.4 Å². The number of aryl methyl sites for hydroxylation is 1. The van der Waals surface area contributed by atoms with E-state index in [1.807, 2.05) is 19.3 Å². The Hall–Kier alpha value is -4.15. The number of ether oxygens (including phenoxy) is 1.